The fourth-order valence-electron chi connectivity index (χ4n) is 3.34. The van der Waals surface area contributed by atoms with Gasteiger partial charge < -0.3 is 0 Å². The Morgan fingerprint density at radius 3 is 2.58 bits per heavy atom. The zero-order valence-electron chi connectivity index (χ0n) is 17.6. The van der Waals surface area contributed by atoms with Gasteiger partial charge in [-0.3, -0.25) is 28.6 Å². The minimum absolute atomic E-state index is 0.0626. The zero-order valence-corrected chi connectivity index (χ0v) is 18.4. The lowest BCUT2D eigenvalue weighted by atomic mass is 10.2. The Labute approximate surface area is 191 Å². The smallest absolute Gasteiger partial charge is 0.298 e. The Kier molecular flexibility index (Phi) is 5.80. The maximum absolute atomic E-state index is 12.9. The van der Waals surface area contributed by atoms with E-state index in [2.05, 4.69) is 15.5 Å². The van der Waals surface area contributed by atoms with Crippen LogP contribution in [0.1, 0.15) is 11.1 Å². The molecule has 0 bridgehead atoms. The number of hydrogen-bond acceptors (Lipinski definition) is 7. The van der Waals surface area contributed by atoms with Gasteiger partial charge in [-0.05, 0) is 17.7 Å². The quantitative estimate of drug-likeness (QED) is 0.263. The van der Waals surface area contributed by atoms with Gasteiger partial charge in [0, 0.05) is 36.8 Å². The number of non-ortho nitro benzene ring substituents is 1. The Morgan fingerprint density at radius 2 is 1.88 bits per heavy atom. The van der Waals surface area contributed by atoms with Gasteiger partial charge in [0.2, 0.25) is 5.95 Å². The van der Waals surface area contributed by atoms with Crippen LogP contribution in [0.3, 0.4) is 0 Å². The highest BCUT2D eigenvalue weighted by Gasteiger charge is 2.19. The Balaban J connectivity index is 1.79. The van der Waals surface area contributed by atoms with E-state index in [9.17, 15) is 19.7 Å². The summed E-state index contributed by atoms with van der Waals surface area (Å²) in [7, 11) is 2.93. The minimum Gasteiger partial charge on any atom is -0.298 e. The summed E-state index contributed by atoms with van der Waals surface area (Å²) in [6, 6.07) is 13.1. The van der Waals surface area contributed by atoms with Crippen LogP contribution < -0.4 is 16.7 Å². The van der Waals surface area contributed by atoms with Crippen molar-refractivity contribution in [2.75, 3.05) is 5.43 Å². The average Bonchev–Trinajstić information content (AvgIpc) is 3.16. The van der Waals surface area contributed by atoms with Crippen molar-refractivity contribution in [3.8, 4) is 0 Å². The second-order valence-corrected chi connectivity index (χ2v) is 7.68. The number of nitrogens with zero attached hydrogens (tertiary/aromatic N) is 6. The molecule has 0 spiro atoms. The molecule has 4 rings (SSSR count). The molecule has 11 nitrogen and oxygen atoms in total. The summed E-state index contributed by atoms with van der Waals surface area (Å²) in [5.41, 5.74) is 3.50. The van der Waals surface area contributed by atoms with Crippen LogP contribution in [-0.2, 0) is 20.6 Å². The highest BCUT2D eigenvalue weighted by atomic mass is 35.5. The maximum Gasteiger partial charge on any atom is 0.332 e. The van der Waals surface area contributed by atoms with Crippen LogP contribution in [-0.4, -0.2) is 29.8 Å². The molecule has 33 heavy (non-hydrogen) atoms. The first-order valence-corrected chi connectivity index (χ1v) is 10.1. The lowest BCUT2D eigenvalue weighted by molar-refractivity contribution is -0.384. The molecule has 0 saturated carbocycles. The van der Waals surface area contributed by atoms with Crippen molar-refractivity contribution in [3.63, 3.8) is 0 Å². The minimum atomic E-state index is -0.504. The van der Waals surface area contributed by atoms with Crippen molar-refractivity contribution in [2.45, 2.75) is 6.54 Å². The summed E-state index contributed by atoms with van der Waals surface area (Å²) >= 11 is 5.98. The van der Waals surface area contributed by atoms with Crippen LogP contribution >= 0.6 is 11.6 Å². The van der Waals surface area contributed by atoms with Gasteiger partial charge in [-0.2, -0.15) is 10.1 Å². The second kappa shape index (κ2) is 8.71. The summed E-state index contributed by atoms with van der Waals surface area (Å²) in [5.74, 6) is 0.222. The number of aromatic nitrogens is 4. The van der Waals surface area contributed by atoms with Gasteiger partial charge >= 0.3 is 5.69 Å². The molecule has 0 atom stereocenters. The molecule has 0 amide bonds. The lowest BCUT2D eigenvalue weighted by Crippen LogP contribution is -2.37. The average molecular weight is 468 g/mol. The first kappa shape index (κ1) is 22.0. The molecule has 4 aromatic rings. The highest BCUT2D eigenvalue weighted by molar-refractivity contribution is 6.30. The van der Waals surface area contributed by atoms with Gasteiger partial charge in [0.15, 0.2) is 11.2 Å². The number of nitro benzene ring substituents is 1. The molecule has 168 valence electrons. The van der Waals surface area contributed by atoms with Gasteiger partial charge in [0.05, 0.1) is 17.7 Å². The number of imidazole rings is 1. The van der Waals surface area contributed by atoms with Crippen molar-refractivity contribution in [3.05, 3.63) is 95.6 Å². The van der Waals surface area contributed by atoms with E-state index in [1.165, 1.54) is 37.0 Å². The van der Waals surface area contributed by atoms with Crippen molar-refractivity contribution in [1.29, 1.82) is 0 Å². The summed E-state index contributed by atoms with van der Waals surface area (Å²) in [6.07, 6.45) is 1.40. The Bertz CT molecular complexity index is 1520. The van der Waals surface area contributed by atoms with E-state index in [0.717, 1.165) is 10.1 Å². The first-order chi connectivity index (χ1) is 15.8. The van der Waals surface area contributed by atoms with Gasteiger partial charge in [-0.25, -0.2) is 10.2 Å². The van der Waals surface area contributed by atoms with E-state index in [4.69, 9.17) is 11.6 Å². The summed E-state index contributed by atoms with van der Waals surface area (Å²) in [5, 5.41) is 15.7. The SMILES string of the molecule is Cn1c(=O)c2c(nc(NN=Cc3cccc([N+](=O)[O-])c3)n2Cc2ccc(Cl)cc2)n(C)c1=O. The molecule has 0 aliphatic rings. The number of hydrazone groups is 1. The molecule has 0 fully saturated rings. The predicted octanol–water partition coefficient (Wildman–Crippen LogP) is 2.49. The van der Waals surface area contributed by atoms with Crippen LogP contribution in [0.2, 0.25) is 5.02 Å². The molecule has 0 saturated heterocycles. The van der Waals surface area contributed by atoms with Crippen molar-refractivity contribution in [1.82, 2.24) is 18.7 Å². The van der Waals surface area contributed by atoms with Crippen LogP contribution in [0, 0.1) is 10.1 Å². The van der Waals surface area contributed by atoms with E-state index in [-0.39, 0.29) is 29.3 Å². The van der Waals surface area contributed by atoms with Crippen LogP contribution in [0.25, 0.3) is 11.2 Å². The van der Waals surface area contributed by atoms with Crippen molar-refractivity contribution >= 4 is 40.6 Å². The van der Waals surface area contributed by atoms with E-state index < -0.39 is 16.2 Å². The number of benzene rings is 2. The third-order valence-electron chi connectivity index (χ3n) is 5.06. The van der Waals surface area contributed by atoms with Crippen LogP contribution in [0.15, 0.2) is 63.2 Å². The van der Waals surface area contributed by atoms with E-state index >= 15 is 0 Å². The number of halogens is 1. The monoisotopic (exact) mass is 467 g/mol. The summed E-state index contributed by atoms with van der Waals surface area (Å²) in [4.78, 5) is 40.2. The van der Waals surface area contributed by atoms with Gasteiger partial charge in [0.25, 0.3) is 11.2 Å². The molecule has 0 radical (unpaired) electrons. The molecule has 0 aliphatic carbocycles. The van der Waals surface area contributed by atoms with Crippen molar-refractivity contribution < 1.29 is 4.92 Å². The van der Waals surface area contributed by atoms with E-state index in [1.54, 1.807) is 28.8 Å². The fraction of sp³-hybridized carbons (Fsp3) is 0.143. The molecular formula is C21H18ClN7O4. The molecule has 2 aromatic heterocycles. The highest BCUT2D eigenvalue weighted by Crippen LogP contribution is 2.19. The molecule has 2 heterocycles. The fourth-order valence-corrected chi connectivity index (χ4v) is 3.47. The number of fused-ring (bicyclic) bond motifs is 1. The Morgan fingerprint density at radius 1 is 1.15 bits per heavy atom. The largest absolute Gasteiger partial charge is 0.332 e. The third-order valence-corrected chi connectivity index (χ3v) is 5.31. The van der Waals surface area contributed by atoms with Gasteiger partial charge in [-0.15, -0.1) is 0 Å². The third kappa shape index (κ3) is 4.26. The lowest BCUT2D eigenvalue weighted by Gasteiger charge is -2.09. The predicted molar refractivity (Wildman–Crippen MR) is 125 cm³/mol. The summed E-state index contributed by atoms with van der Waals surface area (Å²) < 4.78 is 3.91. The van der Waals surface area contributed by atoms with Crippen LogP contribution in [0.4, 0.5) is 11.6 Å². The number of hydrogen-bond donors (Lipinski definition) is 1. The van der Waals surface area contributed by atoms with E-state index in [1.807, 2.05) is 12.1 Å². The Hall–Kier alpha value is -4.25. The standard InChI is InChI=1S/C21H18ClN7O4/c1-26-18-17(19(30)27(2)21(26)31)28(12-13-6-8-15(22)9-7-13)20(24-18)25-23-11-14-4-3-5-16(10-14)29(32)33/h3-11H,12H2,1-2H3,(H,24,25). The molecule has 12 heteroatoms. The van der Waals surface area contributed by atoms with E-state index in [0.29, 0.717) is 10.6 Å². The second-order valence-electron chi connectivity index (χ2n) is 7.25. The molecule has 0 unspecified atom stereocenters. The normalized spacial score (nSPS) is 11.4. The number of aryl methyl sites for hydroxylation is 1. The molecule has 2 aromatic carbocycles. The molecular weight excluding hydrogens is 450 g/mol. The molecule has 0 aliphatic heterocycles. The molecule has 1 N–H and O–H groups in total. The van der Waals surface area contributed by atoms with Gasteiger partial charge in [0.1, 0.15) is 0 Å². The number of anilines is 1. The van der Waals surface area contributed by atoms with Crippen molar-refractivity contribution in [2.24, 2.45) is 19.2 Å². The zero-order chi connectivity index (χ0) is 23.7. The first-order valence-electron chi connectivity index (χ1n) is 9.70. The van der Waals surface area contributed by atoms with Crippen LogP contribution in [0.5, 0.6) is 0 Å². The number of rotatable bonds is 6. The number of nitrogens with one attached hydrogen (secondary N) is 1. The summed E-state index contributed by atoms with van der Waals surface area (Å²) in [6.45, 7) is 0.260. The maximum atomic E-state index is 12.9. The van der Waals surface area contributed by atoms with Gasteiger partial charge in [-0.1, -0.05) is 35.9 Å². The number of nitro groups is 1. The topological polar surface area (TPSA) is 129 Å².